The number of hydrogen-bond acceptors (Lipinski definition) is 6. The minimum atomic E-state index is -3.65. The van der Waals surface area contributed by atoms with Crippen LogP contribution >= 0.6 is 23.6 Å². The van der Waals surface area contributed by atoms with E-state index in [1.54, 1.807) is 7.11 Å². The number of methoxy groups -OCH3 is 1. The summed E-state index contributed by atoms with van der Waals surface area (Å²) < 4.78 is 34.5. The van der Waals surface area contributed by atoms with E-state index in [9.17, 15) is 13.2 Å². The molecule has 2 aliphatic carbocycles. The minimum Gasteiger partial charge on any atom is -0.497 e. The van der Waals surface area contributed by atoms with Crippen LogP contribution in [-0.4, -0.2) is 32.7 Å². The summed E-state index contributed by atoms with van der Waals surface area (Å²) >= 11 is 7.27. The lowest BCUT2D eigenvalue weighted by Gasteiger charge is -2.23. The Morgan fingerprint density at radius 3 is 2.56 bits per heavy atom. The maximum Gasteiger partial charge on any atom is 0.241 e. The van der Waals surface area contributed by atoms with Crippen LogP contribution in [0.1, 0.15) is 59.9 Å². The van der Waals surface area contributed by atoms with Crippen molar-refractivity contribution in [3.63, 3.8) is 0 Å². The molecule has 2 aromatic rings. The quantitative estimate of drug-likeness (QED) is 0.396. The number of rotatable bonds is 12. The molecular formula is C26H33NO4S3. The van der Waals surface area contributed by atoms with Crippen molar-refractivity contribution in [2.75, 3.05) is 13.7 Å². The predicted octanol–water partition coefficient (Wildman–Crippen LogP) is 5.07. The summed E-state index contributed by atoms with van der Waals surface area (Å²) in [4.78, 5) is 15.8. The minimum absolute atomic E-state index is 0.126. The molecule has 0 aliphatic heterocycles. The summed E-state index contributed by atoms with van der Waals surface area (Å²) in [7, 11) is -1.99. The van der Waals surface area contributed by atoms with Gasteiger partial charge in [0.25, 0.3) is 0 Å². The molecule has 8 heteroatoms. The van der Waals surface area contributed by atoms with Gasteiger partial charge < -0.3 is 4.74 Å². The summed E-state index contributed by atoms with van der Waals surface area (Å²) in [6.45, 7) is 2.35. The average molecular weight is 520 g/mol. The maximum absolute atomic E-state index is 13.3. The normalized spacial score (nSPS) is 17.9. The van der Waals surface area contributed by atoms with Crippen LogP contribution in [0.15, 0.2) is 29.2 Å². The van der Waals surface area contributed by atoms with Gasteiger partial charge in [0.15, 0.2) is 0 Å². The van der Waals surface area contributed by atoms with Crippen LogP contribution in [0.3, 0.4) is 0 Å². The lowest BCUT2D eigenvalue weighted by molar-refractivity contribution is -0.119. The van der Waals surface area contributed by atoms with Crippen molar-refractivity contribution in [3.8, 4) is 5.75 Å². The average Bonchev–Trinajstić information content (AvgIpc) is 3.60. The van der Waals surface area contributed by atoms with E-state index in [-0.39, 0.29) is 18.1 Å². The second-order valence-electron chi connectivity index (χ2n) is 9.45. The molecule has 184 valence electrons. The van der Waals surface area contributed by atoms with Gasteiger partial charge in [-0.1, -0.05) is 31.3 Å². The Kier molecular flexibility index (Phi) is 8.23. The van der Waals surface area contributed by atoms with Gasteiger partial charge in [-0.25, -0.2) is 13.1 Å². The molecule has 1 N–H and O–H groups in total. The first-order chi connectivity index (χ1) is 16.3. The number of ether oxygens (including phenoxy) is 1. The number of thiophene rings is 1. The molecule has 0 saturated heterocycles. The molecule has 4 rings (SSSR count). The number of ketones is 1. The zero-order valence-electron chi connectivity index (χ0n) is 19.9. The Hall–Kier alpha value is -1.61. The fourth-order valence-electron chi connectivity index (χ4n) is 4.67. The van der Waals surface area contributed by atoms with Gasteiger partial charge in [-0.3, -0.25) is 4.79 Å². The highest BCUT2D eigenvalue weighted by atomic mass is 32.2. The van der Waals surface area contributed by atoms with Crippen LogP contribution in [0.2, 0.25) is 0 Å². The summed E-state index contributed by atoms with van der Waals surface area (Å²) in [5.41, 5.74) is 2.08. The maximum atomic E-state index is 13.3. The van der Waals surface area contributed by atoms with Crippen LogP contribution in [0.25, 0.3) is 0 Å². The number of hydrogen-bond donors (Lipinski definition) is 1. The molecule has 0 bridgehead atoms. The first kappa shape index (κ1) is 25.5. The van der Waals surface area contributed by atoms with Gasteiger partial charge in [0.2, 0.25) is 10.0 Å². The van der Waals surface area contributed by atoms with E-state index in [4.69, 9.17) is 17.0 Å². The molecular weight excluding hydrogens is 486 g/mol. The Labute approximate surface area is 212 Å². The lowest BCUT2D eigenvalue weighted by Crippen LogP contribution is -2.27. The van der Waals surface area contributed by atoms with Crippen molar-refractivity contribution < 1.29 is 17.9 Å². The highest BCUT2D eigenvalue weighted by Gasteiger charge is 2.35. The molecule has 0 amide bonds. The molecule has 1 aromatic carbocycles. The fourth-order valence-corrected chi connectivity index (χ4v) is 8.37. The lowest BCUT2D eigenvalue weighted by atomic mass is 9.84. The second-order valence-corrected chi connectivity index (χ2v) is 12.9. The molecule has 2 aliphatic rings. The smallest absolute Gasteiger partial charge is 0.241 e. The van der Waals surface area contributed by atoms with Crippen molar-refractivity contribution in [1.82, 2.24) is 4.72 Å². The summed E-state index contributed by atoms with van der Waals surface area (Å²) in [6.07, 6.45) is 6.93. The Balaban J connectivity index is 1.51. The van der Waals surface area contributed by atoms with Gasteiger partial charge in [0.05, 0.1) is 12.0 Å². The van der Waals surface area contributed by atoms with E-state index < -0.39 is 10.0 Å². The van der Waals surface area contributed by atoms with Crippen molar-refractivity contribution in [1.29, 1.82) is 0 Å². The van der Waals surface area contributed by atoms with E-state index >= 15 is 0 Å². The van der Waals surface area contributed by atoms with Crippen molar-refractivity contribution in [2.24, 2.45) is 11.8 Å². The predicted molar refractivity (Wildman–Crippen MR) is 141 cm³/mol. The summed E-state index contributed by atoms with van der Waals surface area (Å²) in [6, 6.07) is 7.97. The molecule has 1 saturated carbocycles. The van der Waals surface area contributed by atoms with E-state index in [1.165, 1.54) is 11.3 Å². The van der Waals surface area contributed by atoms with Crippen LogP contribution in [0.5, 0.6) is 5.75 Å². The molecule has 5 nitrogen and oxygen atoms in total. The third-order valence-corrected chi connectivity index (χ3v) is 9.98. The van der Waals surface area contributed by atoms with Crippen LogP contribution in [0.4, 0.5) is 0 Å². The third-order valence-electron chi connectivity index (χ3n) is 6.64. The zero-order chi connectivity index (χ0) is 24.3. The molecule has 1 atom stereocenters. The van der Waals surface area contributed by atoms with Gasteiger partial charge in [-0.15, -0.1) is 11.3 Å². The molecule has 0 spiro atoms. The van der Waals surface area contributed by atoms with E-state index in [1.807, 2.05) is 31.2 Å². The molecule has 1 unspecified atom stereocenters. The van der Waals surface area contributed by atoms with E-state index in [2.05, 4.69) is 4.72 Å². The second kappa shape index (κ2) is 11.0. The number of nitrogens with one attached hydrogen (secondary N) is 1. The SMILES string of the molecule is CCCNS(=O)(=O)c1c(CC(=O)C2CC2)sc2c1CC(CC(=S)Cc1ccc(OC)cc1)CC2. The number of carbonyl (C=O) groups excluding carboxylic acids is 1. The van der Waals surface area contributed by atoms with Crippen LogP contribution in [-0.2, 0) is 40.5 Å². The standard InChI is InChI=1S/C26H33NO4S3/c1-3-12-27-34(29,30)26-22-15-18(14-21(32)13-17-4-9-20(31-2)10-5-17)6-11-24(22)33-25(26)16-23(28)19-7-8-19/h4-5,9-10,18-19,27H,3,6-8,11-16H2,1-2H3. The topological polar surface area (TPSA) is 72.5 Å². The molecule has 0 radical (unpaired) electrons. The van der Waals surface area contributed by atoms with E-state index in [0.717, 1.165) is 76.4 Å². The number of Topliss-reactive ketones (excluding diaryl/α,β-unsaturated/α-hetero) is 1. The fraction of sp³-hybridized carbons (Fsp3) is 0.538. The number of benzene rings is 1. The monoisotopic (exact) mass is 519 g/mol. The Morgan fingerprint density at radius 2 is 1.91 bits per heavy atom. The Morgan fingerprint density at radius 1 is 1.18 bits per heavy atom. The van der Waals surface area contributed by atoms with Crippen LogP contribution in [0, 0.1) is 11.8 Å². The van der Waals surface area contributed by atoms with Gasteiger partial charge in [0, 0.05) is 35.1 Å². The number of carbonyl (C=O) groups is 1. The highest BCUT2D eigenvalue weighted by molar-refractivity contribution is 7.89. The van der Waals surface area contributed by atoms with Crippen LogP contribution < -0.4 is 9.46 Å². The third kappa shape index (κ3) is 6.14. The number of thiocarbonyl (C=S) groups is 1. The summed E-state index contributed by atoms with van der Waals surface area (Å²) in [5, 5.41) is 0. The van der Waals surface area contributed by atoms with E-state index in [0.29, 0.717) is 23.8 Å². The van der Waals surface area contributed by atoms with Crippen molar-refractivity contribution in [2.45, 2.75) is 69.6 Å². The molecule has 34 heavy (non-hydrogen) atoms. The van der Waals surface area contributed by atoms with Gasteiger partial charge in [-0.05, 0) is 79.0 Å². The highest BCUT2D eigenvalue weighted by Crippen LogP contribution is 2.41. The molecule has 1 aromatic heterocycles. The first-order valence-electron chi connectivity index (χ1n) is 12.1. The summed E-state index contributed by atoms with van der Waals surface area (Å²) in [5.74, 6) is 1.46. The van der Waals surface area contributed by atoms with Gasteiger partial charge >= 0.3 is 0 Å². The Bertz CT molecular complexity index is 1150. The van der Waals surface area contributed by atoms with Crippen molar-refractivity contribution in [3.05, 3.63) is 45.1 Å². The van der Waals surface area contributed by atoms with Crippen molar-refractivity contribution >= 4 is 44.2 Å². The number of fused-ring (bicyclic) bond motifs is 1. The first-order valence-corrected chi connectivity index (χ1v) is 14.8. The molecule has 1 heterocycles. The zero-order valence-corrected chi connectivity index (χ0v) is 22.3. The number of aryl methyl sites for hydroxylation is 1. The number of sulfonamides is 1. The van der Waals surface area contributed by atoms with Gasteiger partial charge in [0.1, 0.15) is 11.5 Å². The largest absolute Gasteiger partial charge is 0.497 e. The van der Waals surface area contributed by atoms with Gasteiger partial charge in [-0.2, -0.15) is 0 Å². The molecule has 1 fully saturated rings.